The first kappa shape index (κ1) is 14.2. The summed E-state index contributed by atoms with van der Waals surface area (Å²) in [5.41, 5.74) is 0. The Morgan fingerprint density at radius 1 is 1.13 bits per heavy atom. The first-order valence-electron chi connectivity index (χ1n) is 4.76. The molecule has 0 rings (SSSR count). The van der Waals surface area contributed by atoms with Crippen LogP contribution in [-0.2, 0) is 14.2 Å². The molecule has 0 saturated carbocycles. The van der Waals surface area contributed by atoms with Gasteiger partial charge in [0, 0.05) is 27.3 Å². The molecule has 0 aliphatic heterocycles. The Labute approximate surface area is 89.7 Å². The summed E-state index contributed by atoms with van der Waals surface area (Å²) in [5, 5.41) is 8.50. The molecule has 6 heteroatoms. The molecule has 0 atom stereocenters. The lowest BCUT2D eigenvalue weighted by Crippen LogP contribution is -2.37. The molecule has 1 N–H and O–H groups in total. The number of hydrogen-bond donors (Lipinski definition) is 1. The van der Waals surface area contributed by atoms with Crippen LogP contribution in [-0.4, -0.2) is 69.8 Å². The maximum atomic E-state index is 11.4. The van der Waals surface area contributed by atoms with Crippen molar-refractivity contribution in [3.63, 3.8) is 0 Å². The van der Waals surface area contributed by atoms with Crippen LogP contribution in [0, 0.1) is 0 Å². The van der Waals surface area contributed by atoms with E-state index in [4.69, 9.17) is 19.3 Å². The summed E-state index contributed by atoms with van der Waals surface area (Å²) in [6, 6.07) is 0. The number of aliphatic hydroxyl groups excluding tert-OH is 1. The van der Waals surface area contributed by atoms with Crippen molar-refractivity contribution in [3.8, 4) is 0 Å². The van der Waals surface area contributed by atoms with Gasteiger partial charge in [-0.25, -0.2) is 4.79 Å². The average Bonchev–Trinajstić information content (AvgIpc) is 2.26. The fourth-order valence-electron chi connectivity index (χ4n) is 0.922. The highest BCUT2D eigenvalue weighted by atomic mass is 16.6. The van der Waals surface area contributed by atoms with Crippen LogP contribution in [0.15, 0.2) is 0 Å². The van der Waals surface area contributed by atoms with Gasteiger partial charge in [-0.15, -0.1) is 0 Å². The monoisotopic (exact) mass is 221 g/mol. The third-order valence-electron chi connectivity index (χ3n) is 1.71. The van der Waals surface area contributed by atoms with Crippen LogP contribution in [0.25, 0.3) is 0 Å². The van der Waals surface area contributed by atoms with Crippen LogP contribution in [0.4, 0.5) is 4.79 Å². The molecule has 90 valence electrons. The van der Waals surface area contributed by atoms with Gasteiger partial charge in [0.15, 0.2) is 0 Å². The topological polar surface area (TPSA) is 68.2 Å². The number of nitrogens with zero attached hydrogens (tertiary/aromatic N) is 1. The summed E-state index contributed by atoms with van der Waals surface area (Å²) in [6.45, 7) is 1.62. The number of aliphatic hydroxyl groups is 1. The lowest BCUT2D eigenvalue weighted by Gasteiger charge is -2.21. The number of ether oxygens (including phenoxy) is 3. The van der Waals surface area contributed by atoms with E-state index in [1.54, 1.807) is 14.2 Å². The highest BCUT2D eigenvalue weighted by Crippen LogP contribution is 1.94. The highest BCUT2D eigenvalue weighted by Gasteiger charge is 2.13. The molecule has 0 spiro atoms. The largest absolute Gasteiger partial charge is 0.447 e. The molecule has 0 saturated heterocycles. The lowest BCUT2D eigenvalue weighted by atomic mass is 10.5. The van der Waals surface area contributed by atoms with Crippen LogP contribution < -0.4 is 0 Å². The second kappa shape index (κ2) is 9.70. The van der Waals surface area contributed by atoms with Crippen LogP contribution in [0.2, 0.25) is 0 Å². The number of carbonyl (C=O) groups is 1. The first-order valence-corrected chi connectivity index (χ1v) is 4.76. The molecule has 0 unspecified atom stereocenters. The van der Waals surface area contributed by atoms with E-state index < -0.39 is 6.09 Å². The Balaban J connectivity index is 3.90. The molecule has 0 aromatic carbocycles. The fraction of sp³-hybridized carbons (Fsp3) is 0.889. The zero-order valence-corrected chi connectivity index (χ0v) is 9.27. The molecule has 15 heavy (non-hydrogen) atoms. The average molecular weight is 221 g/mol. The smallest absolute Gasteiger partial charge is 0.409 e. The third-order valence-corrected chi connectivity index (χ3v) is 1.71. The van der Waals surface area contributed by atoms with Crippen LogP contribution >= 0.6 is 0 Å². The summed E-state index contributed by atoms with van der Waals surface area (Å²) in [5.74, 6) is 0. The van der Waals surface area contributed by atoms with E-state index in [0.717, 1.165) is 0 Å². The Morgan fingerprint density at radius 3 is 2.07 bits per heavy atom. The molecule has 0 radical (unpaired) electrons. The third kappa shape index (κ3) is 7.12. The minimum Gasteiger partial charge on any atom is -0.447 e. The highest BCUT2D eigenvalue weighted by molar-refractivity contribution is 5.67. The SMILES string of the molecule is COCCN(CCOC)C(=O)OCCO. The van der Waals surface area contributed by atoms with Crippen LogP contribution in [0.5, 0.6) is 0 Å². The van der Waals surface area contributed by atoms with Crippen molar-refractivity contribution < 1.29 is 24.1 Å². The van der Waals surface area contributed by atoms with Crippen molar-refractivity contribution in [3.05, 3.63) is 0 Å². The van der Waals surface area contributed by atoms with Gasteiger partial charge in [-0.3, -0.25) is 0 Å². The number of rotatable bonds is 8. The summed E-state index contributed by atoms with van der Waals surface area (Å²) in [6.07, 6.45) is -0.460. The zero-order valence-electron chi connectivity index (χ0n) is 9.27. The second-order valence-electron chi connectivity index (χ2n) is 2.81. The minimum absolute atomic E-state index is 0.00922. The summed E-state index contributed by atoms with van der Waals surface area (Å²) in [4.78, 5) is 12.9. The molecule has 0 aromatic rings. The van der Waals surface area contributed by atoms with Crippen molar-refractivity contribution in [2.75, 3.05) is 53.7 Å². The van der Waals surface area contributed by atoms with E-state index in [-0.39, 0.29) is 13.2 Å². The Hall–Kier alpha value is -0.850. The minimum atomic E-state index is -0.460. The lowest BCUT2D eigenvalue weighted by molar-refractivity contribution is 0.0629. The van der Waals surface area contributed by atoms with Gasteiger partial charge in [-0.05, 0) is 0 Å². The van der Waals surface area contributed by atoms with E-state index in [1.807, 2.05) is 0 Å². The van der Waals surface area contributed by atoms with E-state index >= 15 is 0 Å². The van der Waals surface area contributed by atoms with E-state index in [1.165, 1.54) is 4.90 Å². The van der Waals surface area contributed by atoms with Gasteiger partial charge in [-0.2, -0.15) is 0 Å². The standard InChI is InChI=1S/C9H19NO5/c1-13-6-3-10(4-7-14-2)9(12)15-8-5-11/h11H,3-8H2,1-2H3. The molecular weight excluding hydrogens is 202 g/mol. The van der Waals surface area contributed by atoms with Crippen LogP contribution in [0.1, 0.15) is 0 Å². The van der Waals surface area contributed by atoms with Crippen molar-refractivity contribution >= 4 is 6.09 Å². The maximum Gasteiger partial charge on any atom is 0.409 e. The number of amides is 1. The Bertz CT molecular complexity index is 157. The molecule has 6 nitrogen and oxygen atoms in total. The quantitative estimate of drug-likeness (QED) is 0.610. The number of methoxy groups -OCH3 is 2. The Morgan fingerprint density at radius 2 is 1.67 bits per heavy atom. The van der Waals surface area contributed by atoms with Crippen molar-refractivity contribution in [2.45, 2.75) is 0 Å². The predicted molar refractivity (Wildman–Crippen MR) is 53.8 cm³/mol. The van der Waals surface area contributed by atoms with Gasteiger partial charge < -0.3 is 24.2 Å². The van der Waals surface area contributed by atoms with Gasteiger partial charge in [0.2, 0.25) is 0 Å². The first-order chi connectivity index (χ1) is 7.26. The van der Waals surface area contributed by atoms with Gasteiger partial charge in [-0.1, -0.05) is 0 Å². The normalized spacial score (nSPS) is 10.1. The second-order valence-corrected chi connectivity index (χ2v) is 2.81. The number of carbonyl (C=O) groups excluding carboxylic acids is 1. The number of hydrogen-bond acceptors (Lipinski definition) is 5. The van der Waals surface area contributed by atoms with E-state index in [2.05, 4.69) is 0 Å². The van der Waals surface area contributed by atoms with Gasteiger partial charge in [0.25, 0.3) is 0 Å². The Kier molecular flexibility index (Phi) is 9.15. The summed E-state index contributed by atoms with van der Waals surface area (Å²) >= 11 is 0. The molecule has 0 aliphatic rings. The van der Waals surface area contributed by atoms with Gasteiger partial charge >= 0.3 is 6.09 Å². The van der Waals surface area contributed by atoms with Crippen molar-refractivity contribution in [1.29, 1.82) is 0 Å². The van der Waals surface area contributed by atoms with Crippen LogP contribution in [0.3, 0.4) is 0 Å². The molecule has 0 aliphatic carbocycles. The molecule has 0 bridgehead atoms. The summed E-state index contributed by atoms with van der Waals surface area (Å²) < 4.78 is 14.5. The van der Waals surface area contributed by atoms with E-state index in [0.29, 0.717) is 26.3 Å². The predicted octanol–water partition coefficient (Wildman–Crippen LogP) is -0.290. The fourth-order valence-corrected chi connectivity index (χ4v) is 0.922. The van der Waals surface area contributed by atoms with Crippen molar-refractivity contribution in [2.24, 2.45) is 0 Å². The molecule has 1 amide bonds. The maximum absolute atomic E-state index is 11.4. The molecular formula is C9H19NO5. The summed E-state index contributed by atoms with van der Waals surface area (Å²) in [7, 11) is 3.13. The molecule has 0 fully saturated rings. The molecule has 0 aromatic heterocycles. The molecule has 0 heterocycles. The van der Waals surface area contributed by atoms with Crippen molar-refractivity contribution in [1.82, 2.24) is 4.90 Å². The van der Waals surface area contributed by atoms with Gasteiger partial charge in [0.05, 0.1) is 19.8 Å². The van der Waals surface area contributed by atoms with Gasteiger partial charge in [0.1, 0.15) is 6.61 Å². The van der Waals surface area contributed by atoms with E-state index in [9.17, 15) is 4.79 Å². The zero-order chi connectivity index (χ0) is 11.5.